The molecule has 0 spiro atoms. The number of hydrogen-bond donors (Lipinski definition) is 0. The summed E-state index contributed by atoms with van der Waals surface area (Å²) in [7, 11) is -1.45. The summed E-state index contributed by atoms with van der Waals surface area (Å²) in [5.74, 6) is 1.03. The van der Waals surface area contributed by atoms with Crippen LogP contribution in [0.15, 0.2) is 24.8 Å². The van der Waals surface area contributed by atoms with E-state index in [4.69, 9.17) is 4.43 Å². The molecule has 0 fully saturated rings. The molecule has 0 bridgehead atoms. The molecule has 0 aromatic heterocycles. The van der Waals surface area contributed by atoms with E-state index in [0.29, 0.717) is 0 Å². The molecule has 0 saturated heterocycles. The Morgan fingerprint density at radius 1 is 1.05 bits per heavy atom. The first-order valence-electron chi connectivity index (χ1n) is 6.96. The lowest BCUT2D eigenvalue weighted by molar-refractivity contribution is 0.459. The Balaban J connectivity index is 3.22. The zero-order valence-corrected chi connectivity index (χ0v) is 14.7. The summed E-state index contributed by atoms with van der Waals surface area (Å²) < 4.78 is 6.56. The van der Waals surface area contributed by atoms with E-state index < -0.39 is 9.04 Å². The molecule has 1 nitrogen and oxygen atoms in total. The van der Waals surface area contributed by atoms with Crippen LogP contribution >= 0.6 is 0 Å². The Hall–Kier alpha value is -1.02. The number of aryl methyl sites for hydroxylation is 1. The highest BCUT2D eigenvalue weighted by Gasteiger charge is 2.40. The zero-order valence-electron chi connectivity index (χ0n) is 13.5. The van der Waals surface area contributed by atoms with E-state index >= 15 is 0 Å². The molecule has 0 aliphatic heterocycles. The Morgan fingerprint density at radius 2 is 1.58 bits per heavy atom. The van der Waals surface area contributed by atoms with Crippen molar-refractivity contribution in [2.24, 2.45) is 0 Å². The van der Waals surface area contributed by atoms with Crippen LogP contribution in [0.25, 0.3) is 6.08 Å². The minimum atomic E-state index is -1.45. The topological polar surface area (TPSA) is 9.23 Å². The van der Waals surface area contributed by atoms with Gasteiger partial charge in [-0.15, -0.1) is 0 Å². The summed E-state index contributed by atoms with van der Waals surface area (Å²) >= 11 is 0. The molecule has 0 amide bonds. The van der Waals surface area contributed by atoms with Crippen molar-refractivity contribution in [3.05, 3.63) is 35.9 Å². The van der Waals surface area contributed by atoms with Gasteiger partial charge in [-0.1, -0.05) is 72.4 Å². The minimum Gasteiger partial charge on any atom is -0.545 e. The molecule has 1 aromatic rings. The molecule has 1 aromatic carbocycles. The van der Waals surface area contributed by atoms with Crippen molar-refractivity contribution >= 4 is 15.1 Å². The molecule has 0 heterocycles. The maximum absolute atomic E-state index is 6.56. The third-order valence-electron chi connectivity index (χ3n) is 3.27. The first kappa shape index (κ1) is 16.0. The van der Waals surface area contributed by atoms with Gasteiger partial charge in [0.1, 0.15) is 5.75 Å². The van der Waals surface area contributed by atoms with Gasteiger partial charge in [-0.2, -0.15) is 0 Å². The number of benzene rings is 1. The third kappa shape index (κ3) is 3.97. The number of hydrogen-bond acceptors (Lipinski definition) is 1. The molecular formula is C17H28OSi. The highest BCUT2D eigenvalue weighted by molar-refractivity contribution is 6.59. The van der Waals surface area contributed by atoms with Crippen LogP contribution in [0.1, 0.15) is 52.7 Å². The fourth-order valence-corrected chi connectivity index (χ4v) is 6.63. The molecular weight excluding hydrogens is 248 g/mol. The fraction of sp³-hybridized carbons (Fsp3) is 0.529. The zero-order chi connectivity index (χ0) is 14.8. The Kier molecular flexibility index (Phi) is 4.67. The van der Waals surface area contributed by atoms with Crippen molar-refractivity contribution in [1.82, 2.24) is 0 Å². The summed E-state index contributed by atoms with van der Waals surface area (Å²) in [5, 5.41) is 0.442. The maximum atomic E-state index is 6.56. The first-order valence-corrected chi connectivity index (χ1v) is 8.58. The second kappa shape index (κ2) is 5.54. The number of rotatable bonds is 3. The first-order chi connectivity index (χ1) is 8.57. The van der Waals surface area contributed by atoms with Gasteiger partial charge in [0.25, 0.3) is 0 Å². The van der Waals surface area contributed by atoms with Crippen LogP contribution in [0.2, 0.25) is 10.1 Å². The van der Waals surface area contributed by atoms with E-state index in [2.05, 4.69) is 73.2 Å². The molecule has 106 valence electrons. The van der Waals surface area contributed by atoms with Gasteiger partial charge in [-0.25, -0.2) is 0 Å². The normalized spacial score (nSPS) is 12.6. The van der Waals surface area contributed by atoms with Gasteiger partial charge in [0, 0.05) is 5.56 Å². The predicted molar refractivity (Wildman–Crippen MR) is 88.5 cm³/mol. The number of para-hydroxylation sites is 1. The quantitative estimate of drug-likeness (QED) is 0.677. The van der Waals surface area contributed by atoms with Gasteiger partial charge in [0.2, 0.25) is 9.04 Å². The van der Waals surface area contributed by atoms with Crippen LogP contribution in [0.4, 0.5) is 0 Å². The van der Waals surface area contributed by atoms with Gasteiger partial charge < -0.3 is 4.43 Å². The van der Waals surface area contributed by atoms with Crippen LogP contribution in [0.5, 0.6) is 5.75 Å². The van der Waals surface area contributed by atoms with Crippen LogP contribution in [0.3, 0.4) is 0 Å². The largest absolute Gasteiger partial charge is 0.545 e. The van der Waals surface area contributed by atoms with E-state index in [9.17, 15) is 0 Å². The second-order valence-electron chi connectivity index (χ2n) is 7.43. The lowest BCUT2D eigenvalue weighted by Crippen LogP contribution is -2.41. The molecule has 0 aliphatic carbocycles. The van der Waals surface area contributed by atoms with Crippen molar-refractivity contribution in [2.75, 3.05) is 0 Å². The third-order valence-corrected chi connectivity index (χ3v) is 6.89. The summed E-state index contributed by atoms with van der Waals surface area (Å²) in [5.41, 5.74) is 2.30. The molecule has 19 heavy (non-hydrogen) atoms. The molecule has 0 radical (unpaired) electrons. The molecule has 0 N–H and O–H groups in total. The van der Waals surface area contributed by atoms with Crippen LogP contribution in [0, 0.1) is 6.92 Å². The van der Waals surface area contributed by atoms with Gasteiger partial charge in [-0.05, 0) is 22.6 Å². The van der Waals surface area contributed by atoms with Crippen LogP contribution in [-0.4, -0.2) is 9.04 Å². The summed E-state index contributed by atoms with van der Waals surface area (Å²) in [6.45, 7) is 19.8. The van der Waals surface area contributed by atoms with Crippen molar-refractivity contribution < 1.29 is 4.43 Å². The molecule has 0 unspecified atom stereocenters. The van der Waals surface area contributed by atoms with E-state index in [-0.39, 0.29) is 10.1 Å². The van der Waals surface area contributed by atoms with Gasteiger partial charge in [-0.3, -0.25) is 0 Å². The fourth-order valence-electron chi connectivity index (χ4n) is 2.77. The maximum Gasteiger partial charge on any atom is 0.246 e. The summed E-state index contributed by atoms with van der Waals surface area (Å²) in [4.78, 5) is 0. The van der Waals surface area contributed by atoms with Gasteiger partial charge >= 0.3 is 0 Å². The van der Waals surface area contributed by atoms with Crippen LogP contribution < -0.4 is 4.43 Å². The molecule has 2 heteroatoms. The van der Waals surface area contributed by atoms with E-state index in [1.165, 1.54) is 5.56 Å². The highest BCUT2D eigenvalue weighted by atomic mass is 28.3. The van der Waals surface area contributed by atoms with Gasteiger partial charge in [0.05, 0.1) is 0 Å². The second-order valence-corrected chi connectivity index (χ2v) is 11.9. The predicted octanol–water partition coefficient (Wildman–Crippen LogP) is 5.34. The van der Waals surface area contributed by atoms with Crippen LogP contribution in [-0.2, 0) is 0 Å². The van der Waals surface area contributed by atoms with Gasteiger partial charge in [0.15, 0.2) is 0 Å². The molecule has 1 rings (SSSR count). The molecule has 0 aliphatic rings. The Morgan fingerprint density at radius 3 is 2.00 bits per heavy atom. The lowest BCUT2D eigenvalue weighted by atomic mass is 10.1. The van der Waals surface area contributed by atoms with Crippen molar-refractivity contribution in [2.45, 2.75) is 58.5 Å². The van der Waals surface area contributed by atoms with E-state index in [1.54, 1.807) is 0 Å². The lowest BCUT2D eigenvalue weighted by Gasteiger charge is -2.39. The molecule has 0 atom stereocenters. The standard InChI is InChI=1S/C17H28OSi/c1-9-14-12-10-11-13(2)15(14)18-19(16(3,4)5)17(6,7)8/h9-12,19H,1H2,2-8H3. The van der Waals surface area contributed by atoms with Crippen molar-refractivity contribution in [3.8, 4) is 5.75 Å². The molecule has 0 saturated carbocycles. The van der Waals surface area contributed by atoms with Crippen molar-refractivity contribution in [3.63, 3.8) is 0 Å². The average molecular weight is 276 g/mol. The SMILES string of the molecule is C=Cc1cccc(C)c1O[SiH](C(C)(C)C)C(C)(C)C. The Bertz CT molecular complexity index is 435. The van der Waals surface area contributed by atoms with Crippen molar-refractivity contribution in [1.29, 1.82) is 0 Å². The summed E-state index contributed by atoms with van der Waals surface area (Å²) in [6.07, 6.45) is 1.89. The smallest absolute Gasteiger partial charge is 0.246 e. The Labute approximate surface area is 120 Å². The van der Waals surface area contributed by atoms with E-state index in [0.717, 1.165) is 11.3 Å². The van der Waals surface area contributed by atoms with E-state index in [1.807, 2.05) is 6.08 Å². The monoisotopic (exact) mass is 276 g/mol. The summed E-state index contributed by atoms with van der Waals surface area (Å²) in [6, 6.07) is 6.25. The minimum absolute atomic E-state index is 0.221. The highest BCUT2D eigenvalue weighted by Crippen LogP contribution is 2.43. The average Bonchev–Trinajstić information content (AvgIpc) is 2.23.